The van der Waals surface area contributed by atoms with E-state index in [1.165, 1.54) is 13.2 Å². The quantitative estimate of drug-likeness (QED) is 0.589. The second-order valence-corrected chi connectivity index (χ2v) is 4.12. The Labute approximate surface area is 95.3 Å². The van der Waals surface area contributed by atoms with Gasteiger partial charge >= 0.3 is 11.9 Å². The fourth-order valence-corrected chi connectivity index (χ4v) is 2.14. The van der Waals surface area contributed by atoms with Gasteiger partial charge in [-0.05, 0) is 31.6 Å². The molecule has 0 aliphatic heterocycles. The molecule has 1 unspecified atom stereocenters. The fraction of sp³-hybridized carbons (Fsp3) is 0.667. The van der Waals surface area contributed by atoms with Crippen LogP contribution < -0.4 is 0 Å². The standard InChI is InChI=1S/C12H18O4/c1-16-12(15)8-10-5-3-2-4-9(10)6-7-11(13)14/h8-9H,2-7H2,1H3,(H,13,14)/b10-8-. The minimum absolute atomic E-state index is 0.170. The summed E-state index contributed by atoms with van der Waals surface area (Å²) in [6, 6.07) is 0. The molecule has 0 aromatic rings. The monoisotopic (exact) mass is 226 g/mol. The molecule has 1 atom stereocenters. The second kappa shape index (κ2) is 6.30. The first-order valence-electron chi connectivity index (χ1n) is 5.63. The number of carbonyl (C=O) groups is 2. The molecule has 1 aliphatic carbocycles. The predicted molar refractivity (Wildman–Crippen MR) is 58.9 cm³/mol. The first kappa shape index (κ1) is 12.7. The summed E-state index contributed by atoms with van der Waals surface area (Å²) in [5.41, 5.74) is 1.05. The van der Waals surface area contributed by atoms with Crippen molar-refractivity contribution in [1.82, 2.24) is 0 Å². The van der Waals surface area contributed by atoms with Crippen LogP contribution >= 0.6 is 0 Å². The molecule has 0 aromatic heterocycles. The SMILES string of the molecule is COC(=O)/C=C1/CCCCC1CCC(=O)O. The maximum atomic E-state index is 11.1. The molecule has 90 valence electrons. The van der Waals surface area contributed by atoms with E-state index in [-0.39, 0.29) is 18.3 Å². The van der Waals surface area contributed by atoms with Crippen molar-refractivity contribution in [2.75, 3.05) is 7.11 Å². The van der Waals surface area contributed by atoms with Gasteiger partial charge < -0.3 is 9.84 Å². The minimum atomic E-state index is -0.775. The van der Waals surface area contributed by atoms with Gasteiger partial charge in [0.25, 0.3) is 0 Å². The number of carboxylic acid groups (broad SMARTS) is 1. The molecule has 0 bridgehead atoms. The van der Waals surface area contributed by atoms with Crippen LogP contribution in [0.5, 0.6) is 0 Å². The van der Waals surface area contributed by atoms with Crippen LogP contribution in [0, 0.1) is 5.92 Å². The lowest BCUT2D eigenvalue weighted by molar-refractivity contribution is -0.137. The molecule has 4 heteroatoms. The maximum absolute atomic E-state index is 11.1. The Morgan fingerprint density at radius 1 is 1.50 bits per heavy atom. The number of hydrogen-bond acceptors (Lipinski definition) is 3. The van der Waals surface area contributed by atoms with Gasteiger partial charge in [0.15, 0.2) is 0 Å². The van der Waals surface area contributed by atoms with E-state index in [1.807, 2.05) is 0 Å². The van der Waals surface area contributed by atoms with E-state index in [1.54, 1.807) is 0 Å². The van der Waals surface area contributed by atoms with E-state index < -0.39 is 5.97 Å². The number of carbonyl (C=O) groups excluding carboxylic acids is 1. The lowest BCUT2D eigenvalue weighted by Gasteiger charge is -2.24. The van der Waals surface area contributed by atoms with E-state index in [2.05, 4.69) is 4.74 Å². The average Bonchev–Trinajstić information content (AvgIpc) is 2.27. The number of ether oxygens (including phenoxy) is 1. The number of carboxylic acids is 1. The molecule has 0 spiro atoms. The van der Waals surface area contributed by atoms with Gasteiger partial charge in [-0.25, -0.2) is 4.79 Å². The van der Waals surface area contributed by atoms with Gasteiger partial charge in [-0.15, -0.1) is 0 Å². The molecule has 1 N–H and O–H groups in total. The molecule has 1 aliphatic rings. The van der Waals surface area contributed by atoms with Crippen molar-refractivity contribution >= 4 is 11.9 Å². The Morgan fingerprint density at radius 3 is 2.88 bits per heavy atom. The molecule has 4 nitrogen and oxygen atoms in total. The largest absolute Gasteiger partial charge is 0.481 e. The van der Waals surface area contributed by atoms with Crippen LogP contribution in [0.25, 0.3) is 0 Å². The van der Waals surface area contributed by atoms with E-state index in [9.17, 15) is 9.59 Å². The lowest BCUT2D eigenvalue weighted by atomic mass is 9.81. The van der Waals surface area contributed by atoms with Gasteiger partial charge in [0.1, 0.15) is 0 Å². The van der Waals surface area contributed by atoms with Crippen molar-refractivity contribution in [2.24, 2.45) is 5.92 Å². The van der Waals surface area contributed by atoms with Gasteiger partial charge in [0.05, 0.1) is 7.11 Å². The van der Waals surface area contributed by atoms with Gasteiger partial charge in [-0.1, -0.05) is 12.0 Å². The highest BCUT2D eigenvalue weighted by atomic mass is 16.5. The smallest absolute Gasteiger partial charge is 0.330 e. The number of aliphatic carboxylic acids is 1. The summed E-state index contributed by atoms with van der Waals surface area (Å²) in [5, 5.41) is 8.65. The molecule has 16 heavy (non-hydrogen) atoms. The zero-order valence-corrected chi connectivity index (χ0v) is 9.57. The molecule has 1 fully saturated rings. The molecule has 1 saturated carbocycles. The van der Waals surface area contributed by atoms with Crippen LogP contribution in [0.2, 0.25) is 0 Å². The third-order valence-corrected chi connectivity index (χ3v) is 3.00. The molecule has 0 aromatic carbocycles. The molecule has 0 saturated heterocycles. The van der Waals surface area contributed by atoms with Crippen LogP contribution in [0.4, 0.5) is 0 Å². The number of esters is 1. The topological polar surface area (TPSA) is 63.6 Å². The number of rotatable bonds is 4. The van der Waals surface area contributed by atoms with E-state index in [0.29, 0.717) is 6.42 Å². The van der Waals surface area contributed by atoms with Gasteiger partial charge in [0, 0.05) is 12.5 Å². The zero-order valence-electron chi connectivity index (χ0n) is 9.57. The molecule has 1 rings (SSSR count). The van der Waals surface area contributed by atoms with E-state index in [0.717, 1.165) is 31.3 Å². The summed E-state index contributed by atoms with van der Waals surface area (Å²) >= 11 is 0. The third-order valence-electron chi connectivity index (χ3n) is 3.00. The van der Waals surface area contributed by atoms with Crippen molar-refractivity contribution in [2.45, 2.75) is 38.5 Å². The minimum Gasteiger partial charge on any atom is -0.481 e. The molecule has 0 amide bonds. The predicted octanol–water partition coefficient (Wildman–Crippen LogP) is 2.14. The molecular weight excluding hydrogens is 208 g/mol. The summed E-state index contributed by atoms with van der Waals surface area (Å²) in [6.07, 6.45) is 6.39. The number of methoxy groups -OCH3 is 1. The van der Waals surface area contributed by atoms with Gasteiger partial charge in [0.2, 0.25) is 0 Å². The Bertz CT molecular complexity index is 293. The first-order chi connectivity index (χ1) is 7.63. The highest BCUT2D eigenvalue weighted by molar-refractivity contribution is 5.82. The van der Waals surface area contributed by atoms with Crippen LogP contribution in [0.3, 0.4) is 0 Å². The van der Waals surface area contributed by atoms with Crippen molar-refractivity contribution in [3.8, 4) is 0 Å². The van der Waals surface area contributed by atoms with Gasteiger partial charge in [-0.2, -0.15) is 0 Å². The highest BCUT2D eigenvalue weighted by Gasteiger charge is 2.20. The number of hydrogen-bond donors (Lipinski definition) is 1. The normalized spacial score (nSPS) is 23.1. The fourth-order valence-electron chi connectivity index (χ4n) is 2.14. The first-order valence-corrected chi connectivity index (χ1v) is 5.63. The van der Waals surface area contributed by atoms with Crippen LogP contribution in [0.15, 0.2) is 11.6 Å². The van der Waals surface area contributed by atoms with Crippen LogP contribution in [0.1, 0.15) is 38.5 Å². The van der Waals surface area contributed by atoms with E-state index >= 15 is 0 Å². The molecule has 0 radical (unpaired) electrons. The Kier molecular flexibility index (Phi) is 5.02. The Hall–Kier alpha value is -1.32. The van der Waals surface area contributed by atoms with Crippen molar-refractivity contribution in [3.63, 3.8) is 0 Å². The summed E-state index contributed by atoms with van der Waals surface area (Å²) < 4.78 is 4.60. The van der Waals surface area contributed by atoms with E-state index in [4.69, 9.17) is 5.11 Å². The second-order valence-electron chi connectivity index (χ2n) is 4.12. The molecular formula is C12H18O4. The van der Waals surface area contributed by atoms with Crippen molar-refractivity contribution in [3.05, 3.63) is 11.6 Å². The summed E-state index contributed by atoms with van der Waals surface area (Å²) in [7, 11) is 1.36. The summed E-state index contributed by atoms with van der Waals surface area (Å²) in [4.78, 5) is 21.7. The third kappa shape index (κ3) is 4.04. The maximum Gasteiger partial charge on any atom is 0.330 e. The number of allylic oxidation sites excluding steroid dienone is 1. The average molecular weight is 226 g/mol. The lowest BCUT2D eigenvalue weighted by Crippen LogP contribution is -2.13. The Morgan fingerprint density at radius 2 is 2.25 bits per heavy atom. The van der Waals surface area contributed by atoms with Gasteiger partial charge in [-0.3, -0.25) is 4.79 Å². The van der Waals surface area contributed by atoms with Crippen LogP contribution in [-0.4, -0.2) is 24.2 Å². The summed E-state index contributed by atoms with van der Waals surface area (Å²) in [6.45, 7) is 0. The Balaban J connectivity index is 2.59. The molecule has 0 heterocycles. The highest BCUT2D eigenvalue weighted by Crippen LogP contribution is 2.32. The van der Waals surface area contributed by atoms with Crippen molar-refractivity contribution < 1.29 is 19.4 Å². The van der Waals surface area contributed by atoms with Crippen LogP contribution in [-0.2, 0) is 14.3 Å². The van der Waals surface area contributed by atoms with Crippen molar-refractivity contribution in [1.29, 1.82) is 0 Å². The zero-order chi connectivity index (χ0) is 12.0. The summed E-state index contributed by atoms with van der Waals surface area (Å²) in [5.74, 6) is -0.871.